The number of nitrogens with zero attached hydrogens (tertiary/aromatic N) is 2. The quantitative estimate of drug-likeness (QED) is 0.759. The highest BCUT2D eigenvalue weighted by molar-refractivity contribution is 9.10. The number of hydrogen-bond donors (Lipinski definition) is 2. The third-order valence-corrected chi connectivity index (χ3v) is 3.83. The molecule has 2 aromatic rings. The van der Waals surface area contributed by atoms with Crippen LogP contribution in [0.5, 0.6) is 0 Å². The summed E-state index contributed by atoms with van der Waals surface area (Å²) >= 11 is 3.31. The van der Waals surface area contributed by atoms with Crippen molar-refractivity contribution in [2.75, 3.05) is 13.1 Å². The van der Waals surface area contributed by atoms with Gasteiger partial charge in [-0.25, -0.2) is 4.98 Å². The van der Waals surface area contributed by atoms with Crippen LogP contribution in [0.4, 0.5) is 0 Å². The molecule has 0 amide bonds. The molecule has 6 nitrogen and oxygen atoms in total. The zero-order valence-electron chi connectivity index (χ0n) is 10.1. The highest BCUT2D eigenvalue weighted by atomic mass is 79.9. The average molecular weight is 325 g/mol. The lowest BCUT2D eigenvalue weighted by Crippen LogP contribution is -2.41. The maximum atomic E-state index is 12.1. The smallest absolute Gasteiger partial charge is 0.317 e. The lowest BCUT2D eigenvalue weighted by molar-refractivity contribution is 0.366. The molecule has 0 bridgehead atoms. The van der Waals surface area contributed by atoms with Crippen LogP contribution in [0, 0.1) is 0 Å². The summed E-state index contributed by atoms with van der Waals surface area (Å²) in [6, 6.07) is 1.80. The first-order valence-corrected chi connectivity index (χ1v) is 6.97. The third kappa shape index (κ3) is 2.23. The molecule has 100 valence electrons. The van der Waals surface area contributed by atoms with Crippen LogP contribution in [-0.4, -0.2) is 27.6 Å². The van der Waals surface area contributed by atoms with E-state index in [1.54, 1.807) is 16.8 Å². The van der Waals surface area contributed by atoms with E-state index in [4.69, 9.17) is 0 Å². The first-order chi connectivity index (χ1) is 9.16. The van der Waals surface area contributed by atoms with Gasteiger partial charge in [0.2, 0.25) is 0 Å². The molecule has 1 fully saturated rings. The summed E-state index contributed by atoms with van der Waals surface area (Å²) < 4.78 is 2.31. The summed E-state index contributed by atoms with van der Waals surface area (Å²) in [5.41, 5.74) is 0.0114. The third-order valence-electron chi connectivity index (χ3n) is 3.40. The second-order valence-corrected chi connectivity index (χ2v) is 5.55. The van der Waals surface area contributed by atoms with Gasteiger partial charge in [-0.3, -0.25) is 14.2 Å². The number of pyridine rings is 1. The maximum Gasteiger partial charge on any atom is 0.318 e. The van der Waals surface area contributed by atoms with E-state index in [2.05, 4.69) is 31.2 Å². The maximum absolute atomic E-state index is 12.1. The molecule has 19 heavy (non-hydrogen) atoms. The van der Waals surface area contributed by atoms with Crippen LogP contribution in [0.2, 0.25) is 0 Å². The van der Waals surface area contributed by atoms with Gasteiger partial charge in [-0.2, -0.15) is 0 Å². The van der Waals surface area contributed by atoms with Crippen LogP contribution in [0.3, 0.4) is 0 Å². The van der Waals surface area contributed by atoms with E-state index in [9.17, 15) is 9.59 Å². The number of aromatic nitrogens is 3. The monoisotopic (exact) mass is 324 g/mol. The number of H-pyrrole nitrogens is 1. The molecule has 0 saturated carbocycles. The van der Waals surface area contributed by atoms with Crippen molar-refractivity contribution in [3.05, 3.63) is 37.4 Å². The number of piperidine rings is 1. The van der Waals surface area contributed by atoms with Crippen LogP contribution >= 0.6 is 15.9 Å². The summed E-state index contributed by atoms with van der Waals surface area (Å²) in [7, 11) is 0. The van der Waals surface area contributed by atoms with Crippen molar-refractivity contribution in [2.24, 2.45) is 0 Å². The van der Waals surface area contributed by atoms with Crippen molar-refractivity contribution in [1.29, 1.82) is 0 Å². The van der Waals surface area contributed by atoms with Crippen molar-refractivity contribution in [1.82, 2.24) is 19.9 Å². The summed E-state index contributed by atoms with van der Waals surface area (Å²) in [5, 5.41) is 3.25. The number of aromatic amines is 1. The van der Waals surface area contributed by atoms with E-state index in [0.717, 1.165) is 30.4 Å². The Morgan fingerprint density at radius 1 is 1.32 bits per heavy atom. The van der Waals surface area contributed by atoms with Gasteiger partial charge in [-0.15, -0.1) is 0 Å². The Kier molecular flexibility index (Phi) is 3.24. The van der Waals surface area contributed by atoms with Crippen LogP contribution in [-0.2, 0) is 0 Å². The van der Waals surface area contributed by atoms with Gasteiger partial charge >= 0.3 is 11.1 Å². The average Bonchev–Trinajstić information content (AvgIpc) is 2.41. The molecule has 3 heterocycles. The van der Waals surface area contributed by atoms with Crippen LogP contribution in [0.1, 0.15) is 18.9 Å². The van der Waals surface area contributed by atoms with Crippen LogP contribution < -0.4 is 16.4 Å². The molecule has 1 aliphatic heterocycles. The van der Waals surface area contributed by atoms with Crippen molar-refractivity contribution in [3.63, 3.8) is 0 Å². The Hall–Kier alpha value is -1.47. The Labute approximate surface area is 117 Å². The lowest BCUT2D eigenvalue weighted by atomic mass is 10.1. The highest BCUT2D eigenvalue weighted by Gasteiger charge is 2.20. The SMILES string of the molecule is O=c1[nH]c2cc(Br)cnc2n(C2CCNCC2)c1=O. The molecule has 1 saturated heterocycles. The predicted molar refractivity (Wildman–Crippen MR) is 75.5 cm³/mol. The zero-order chi connectivity index (χ0) is 13.4. The van der Waals surface area contributed by atoms with E-state index in [1.807, 2.05) is 0 Å². The van der Waals surface area contributed by atoms with E-state index >= 15 is 0 Å². The van der Waals surface area contributed by atoms with Crippen molar-refractivity contribution >= 4 is 27.1 Å². The van der Waals surface area contributed by atoms with E-state index in [1.165, 1.54) is 0 Å². The van der Waals surface area contributed by atoms with E-state index < -0.39 is 11.1 Å². The van der Waals surface area contributed by atoms with Gasteiger partial charge in [-0.1, -0.05) is 0 Å². The molecule has 0 unspecified atom stereocenters. The number of fused-ring (bicyclic) bond motifs is 1. The number of rotatable bonds is 1. The van der Waals surface area contributed by atoms with Gasteiger partial charge in [0, 0.05) is 16.7 Å². The minimum Gasteiger partial charge on any atom is -0.317 e. The molecule has 7 heteroatoms. The van der Waals surface area contributed by atoms with Crippen molar-refractivity contribution in [2.45, 2.75) is 18.9 Å². The number of halogens is 1. The Morgan fingerprint density at radius 2 is 2.05 bits per heavy atom. The fourth-order valence-corrected chi connectivity index (χ4v) is 2.83. The van der Waals surface area contributed by atoms with Crippen LogP contribution in [0.15, 0.2) is 26.3 Å². The lowest BCUT2D eigenvalue weighted by Gasteiger charge is -2.25. The Balaban J connectivity index is 2.28. The molecule has 0 spiro atoms. The fourth-order valence-electron chi connectivity index (χ4n) is 2.50. The van der Waals surface area contributed by atoms with Crippen molar-refractivity contribution < 1.29 is 0 Å². The molecule has 2 aromatic heterocycles. The topological polar surface area (TPSA) is 79.8 Å². The van der Waals surface area contributed by atoms with Gasteiger partial charge in [0.1, 0.15) is 0 Å². The molecular weight excluding hydrogens is 312 g/mol. The standard InChI is InChI=1S/C12H13BrN4O2/c13-7-5-9-10(15-6-7)17(12(19)11(18)16-9)8-1-3-14-4-2-8/h5-6,8,14H,1-4H2,(H,16,18). The van der Waals surface area contributed by atoms with Gasteiger partial charge in [-0.05, 0) is 47.9 Å². The molecule has 1 aliphatic rings. The summed E-state index contributed by atoms with van der Waals surface area (Å²) in [6.07, 6.45) is 3.30. The minimum atomic E-state index is -0.592. The molecule has 0 aromatic carbocycles. The van der Waals surface area contributed by atoms with Gasteiger partial charge in [0.15, 0.2) is 5.65 Å². The molecular formula is C12H13BrN4O2. The Morgan fingerprint density at radius 3 is 2.79 bits per heavy atom. The second kappa shape index (κ2) is 4.90. The first kappa shape index (κ1) is 12.6. The molecule has 3 rings (SSSR count). The summed E-state index contributed by atoms with van der Waals surface area (Å²) in [4.78, 5) is 30.7. The largest absolute Gasteiger partial charge is 0.318 e. The molecule has 0 aliphatic carbocycles. The van der Waals surface area contributed by atoms with Gasteiger partial charge in [0.05, 0.1) is 5.52 Å². The zero-order valence-corrected chi connectivity index (χ0v) is 11.7. The molecule has 0 atom stereocenters. The van der Waals surface area contributed by atoms with Gasteiger partial charge < -0.3 is 10.3 Å². The summed E-state index contributed by atoms with van der Waals surface area (Å²) in [5.74, 6) is 0. The minimum absolute atomic E-state index is 0.0345. The van der Waals surface area contributed by atoms with E-state index in [0.29, 0.717) is 11.2 Å². The fraction of sp³-hybridized carbons (Fsp3) is 0.417. The van der Waals surface area contributed by atoms with Crippen molar-refractivity contribution in [3.8, 4) is 0 Å². The second-order valence-electron chi connectivity index (χ2n) is 4.64. The molecule has 2 N–H and O–H groups in total. The van der Waals surface area contributed by atoms with Gasteiger partial charge in [0.25, 0.3) is 0 Å². The first-order valence-electron chi connectivity index (χ1n) is 6.17. The number of hydrogen-bond acceptors (Lipinski definition) is 4. The van der Waals surface area contributed by atoms with E-state index in [-0.39, 0.29) is 6.04 Å². The number of nitrogens with one attached hydrogen (secondary N) is 2. The normalized spacial score (nSPS) is 16.9. The molecule has 0 radical (unpaired) electrons. The summed E-state index contributed by atoms with van der Waals surface area (Å²) in [6.45, 7) is 1.70. The predicted octanol–water partition coefficient (Wildman–Crippen LogP) is 0.772. The highest BCUT2D eigenvalue weighted by Crippen LogP contribution is 2.21. The van der Waals surface area contributed by atoms with Crippen LogP contribution in [0.25, 0.3) is 11.2 Å². The Bertz CT molecular complexity index is 731.